The van der Waals surface area contributed by atoms with Crippen LogP contribution in [-0.2, 0) is 11.3 Å². The second kappa shape index (κ2) is 6.61. The molecule has 1 aromatic heterocycles. The van der Waals surface area contributed by atoms with E-state index < -0.39 is 0 Å². The number of nitrogens with one attached hydrogen (secondary N) is 1. The number of nitrogens with zero attached hydrogens (tertiary/aromatic N) is 2. The van der Waals surface area contributed by atoms with E-state index in [-0.39, 0.29) is 0 Å². The van der Waals surface area contributed by atoms with E-state index in [1.807, 2.05) is 18.2 Å². The molecule has 1 aromatic carbocycles. The van der Waals surface area contributed by atoms with Gasteiger partial charge in [0.25, 0.3) is 0 Å². The van der Waals surface area contributed by atoms with Crippen molar-refractivity contribution < 1.29 is 4.74 Å². The summed E-state index contributed by atoms with van der Waals surface area (Å²) >= 11 is 1.54. The second-order valence-corrected chi connectivity index (χ2v) is 6.02. The molecule has 1 aliphatic rings. The lowest BCUT2D eigenvalue weighted by Crippen LogP contribution is -2.36. The molecule has 3 rings (SSSR count). The first-order chi connectivity index (χ1) is 10.4. The van der Waals surface area contributed by atoms with Crippen LogP contribution in [0.1, 0.15) is 9.75 Å². The molecule has 108 valence electrons. The average molecular weight is 299 g/mol. The maximum Gasteiger partial charge on any atom is 0.110 e. The summed E-state index contributed by atoms with van der Waals surface area (Å²) in [5.41, 5.74) is 2.35. The van der Waals surface area contributed by atoms with Crippen LogP contribution >= 0.6 is 11.3 Å². The largest absolute Gasteiger partial charge is 0.378 e. The van der Waals surface area contributed by atoms with Gasteiger partial charge in [0.05, 0.1) is 24.6 Å². The topological polar surface area (TPSA) is 48.3 Å². The molecule has 1 saturated heterocycles. The summed E-state index contributed by atoms with van der Waals surface area (Å²) in [6.45, 7) is 4.16. The van der Waals surface area contributed by atoms with Crippen molar-refractivity contribution in [3.05, 3.63) is 46.2 Å². The van der Waals surface area contributed by atoms with Crippen LogP contribution in [-0.4, -0.2) is 26.3 Å². The third kappa shape index (κ3) is 3.35. The van der Waals surface area contributed by atoms with Gasteiger partial charge < -0.3 is 15.0 Å². The summed E-state index contributed by atoms with van der Waals surface area (Å²) in [4.78, 5) is 4.28. The summed E-state index contributed by atoms with van der Waals surface area (Å²) in [6, 6.07) is 14.4. The number of hydrogen-bond donors (Lipinski definition) is 1. The Morgan fingerprint density at radius 1 is 1.19 bits per heavy atom. The van der Waals surface area contributed by atoms with E-state index in [4.69, 9.17) is 10.00 Å². The lowest BCUT2D eigenvalue weighted by molar-refractivity contribution is 0.123. The molecule has 2 aromatic rings. The highest BCUT2D eigenvalue weighted by atomic mass is 32.1. The van der Waals surface area contributed by atoms with Gasteiger partial charge in [0.15, 0.2) is 0 Å². The van der Waals surface area contributed by atoms with Crippen LogP contribution in [0.2, 0.25) is 0 Å². The predicted molar refractivity (Wildman–Crippen MR) is 85.8 cm³/mol. The van der Waals surface area contributed by atoms with Crippen LogP contribution in [0.25, 0.3) is 0 Å². The molecule has 1 N–H and O–H groups in total. The van der Waals surface area contributed by atoms with Crippen LogP contribution in [0.3, 0.4) is 0 Å². The first-order valence-corrected chi connectivity index (χ1v) is 7.83. The molecule has 0 saturated carbocycles. The van der Waals surface area contributed by atoms with Gasteiger partial charge in [-0.15, -0.1) is 11.3 Å². The fraction of sp³-hybridized carbons (Fsp3) is 0.312. The zero-order valence-electron chi connectivity index (χ0n) is 11.7. The molecule has 0 bridgehead atoms. The highest BCUT2D eigenvalue weighted by Crippen LogP contribution is 2.27. The fourth-order valence-corrected chi connectivity index (χ4v) is 3.16. The Bertz CT molecular complexity index is 641. The van der Waals surface area contributed by atoms with Crippen molar-refractivity contribution in [3.63, 3.8) is 0 Å². The minimum atomic E-state index is 0.744. The summed E-state index contributed by atoms with van der Waals surface area (Å²) in [5, 5.41) is 12.4. The van der Waals surface area contributed by atoms with Crippen LogP contribution in [0, 0.1) is 11.3 Å². The zero-order chi connectivity index (χ0) is 14.5. The maximum absolute atomic E-state index is 8.87. The van der Waals surface area contributed by atoms with Crippen molar-refractivity contribution in [1.29, 1.82) is 5.26 Å². The number of hydrogen-bond acceptors (Lipinski definition) is 5. The molecular formula is C16H17N3OS. The normalized spacial score (nSPS) is 14.7. The Kier molecular flexibility index (Phi) is 4.39. The molecule has 0 amide bonds. The Labute approximate surface area is 128 Å². The lowest BCUT2D eigenvalue weighted by Gasteiger charge is -2.30. The molecule has 4 nitrogen and oxygen atoms in total. The monoisotopic (exact) mass is 299 g/mol. The van der Waals surface area contributed by atoms with Crippen LogP contribution in [0.4, 0.5) is 11.4 Å². The molecule has 0 unspecified atom stereocenters. The minimum absolute atomic E-state index is 0.744. The first kappa shape index (κ1) is 13.9. The molecule has 0 spiro atoms. The van der Waals surface area contributed by atoms with E-state index in [0.29, 0.717) is 0 Å². The Morgan fingerprint density at radius 2 is 2.00 bits per heavy atom. The Morgan fingerprint density at radius 3 is 2.76 bits per heavy atom. The number of nitriles is 1. The maximum atomic E-state index is 8.87. The average Bonchev–Trinajstić information content (AvgIpc) is 3.02. The van der Waals surface area contributed by atoms with Gasteiger partial charge in [0.2, 0.25) is 0 Å². The van der Waals surface area contributed by atoms with Crippen molar-refractivity contribution in [1.82, 2.24) is 0 Å². The van der Waals surface area contributed by atoms with Crippen molar-refractivity contribution in [2.24, 2.45) is 0 Å². The van der Waals surface area contributed by atoms with Crippen molar-refractivity contribution in [2.45, 2.75) is 6.54 Å². The Hall–Kier alpha value is -2.03. The molecule has 1 fully saturated rings. The molecule has 5 heteroatoms. The quantitative estimate of drug-likeness (QED) is 0.942. The summed E-state index contributed by atoms with van der Waals surface area (Å²) in [6.07, 6.45) is 0. The van der Waals surface area contributed by atoms with E-state index in [1.54, 1.807) is 0 Å². The van der Waals surface area contributed by atoms with Crippen molar-refractivity contribution in [3.8, 4) is 6.07 Å². The van der Waals surface area contributed by atoms with Crippen molar-refractivity contribution >= 4 is 22.7 Å². The number of anilines is 2. The molecule has 0 aliphatic carbocycles. The van der Waals surface area contributed by atoms with E-state index in [9.17, 15) is 0 Å². The highest BCUT2D eigenvalue weighted by molar-refractivity contribution is 7.12. The SMILES string of the molecule is N#Cc1ccc(CNc2ccccc2N2CCOCC2)s1. The van der Waals surface area contributed by atoms with Gasteiger partial charge in [-0.05, 0) is 24.3 Å². The van der Waals surface area contributed by atoms with Crippen molar-refractivity contribution in [2.75, 3.05) is 36.5 Å². The standard InChI is InChI=1S/C16H17N3OS/c17-11-13-5-6-14(21-13)12-18-15-3-1-2-4-16(15)19-7-9-20-10-8-19/h1-6,18H,7-10,12H2. The lowest BCUT2D eigenvalue weighted by atomic mass is 10.2. The molecule has 2 heterocycles. The molecule has 21 heavy (non-hydrogen) atoms. The molecule has 0 radical (unpaired) electrons. The first-order valence-electron chi connectivity index (χ1n) is 7.01. The van der Waals surface area contributed by atoms with E-state index in [1.165, 1.54) is 21.9 Å². The number of morpholine rings is 1. The van der Waals surface area contributed by atoms with Gasteiger partial charge in [-0.3, -0.25) is 0 Å². The third-order valence-electron chi connectivity index (χ3n) is 3.48. The third-order valence-corrected chi connectivity index (χ3v) is 4.47. The predicted octanol–water partition coefficient (Wildman–Crippen LogP) is 3.07. The number of para-hydroxylation sites is 2. The number of thiophene rings is 1. The minimum Gasteiger partial charge on any atom is -0.378 e. The molecular weight excluding hydrogens is 282 g/mol. The van der Waals surface area contributed by atoms with Gasteiger partial charge in [-0.1, -0.05) is 12.1 Å². The van der Waals surface area contributed by atoms with Crippen LogP contribution in [0.15, 0.2) is 36.4 Å². The van der Waals surface area contributed by atoms with Gasteiger partial charge in [0.1, 0.15) is 10.9 Å². The summed E-state index contributed by atoms with van der Waals surface area (Å²) in [5.74, 6) is 0. The number of ether oxygens (including phenoxy) is 1. The zero-order valence-corrected chi connectivity index (χ0v) is 12.5. The highest BCUT2D eigenvalue weighted by Gasteiger charge is 2.14. The summed E-state index contributed by atoms with van der Waals surface area (Å²) < 4.78 is 5.41. The molecule has 1 aliphatic heterocycles. The fourth-order valence-electron chi connectivity index (χ4n) is 2.42. The van der Waals surface area contributed by atoms with Gasteiger partial charge >= 0.3 is 0 Å². The van der Waals surface area contributed by atoms with Gasteiger partial charge in [-0.25, -0.2) is 0 Å². The van der Waals surface area contributed by atoms with E-state index in [0.717, 1.165) is 43.4 Å². The second-order valence-electron chi connectivity index (χ2n) is 4.85. The summed E-state index contributed by atoms with van der Waals surface area (Å²) in [7, 11) is 0. The Balaban J connectivity index is 1.71. The van der Waals surface area contributed by atoms with Gasteiger partial charge in [-0.2, -0.15) is 5.26 Å². The van der Waals surface area contributed by atoms with Gasteiger partial charge in [0, 0.05) is 24.5 Å². The molecule has 0 atom stereocenters. The smallest absolute Gasteiger partial charge is 0.110 e. The van der Waals surface area contributed by atoms with Crippen LogP contribution in [0.5, 0.6) is 0 Å². The van der Waals surface area contributed by atoms with E-state index in [2.05, 4.69) is 34.5 Å². The number of benzene rings is 1. The van der Waals surface area contributed by atoms with E-state index >= 15 is 0 Å². The van der Waals surface area contributed by atoms with Crippen LogP contribution < -0.4 is 10.2 Å². The number of rotatable bonds is 4.